The summed E-state index contributed by atoms with van der Waals surface area (Å²) >= 11 is 3.50. The maximum atomic E-state index is 11.8. The van der Waals surface area contributed by atoms with Crippen LogP contribution in [0.1, 0.15) is 19.7 Å². The number of rotatable bonds is 3. The van der Waals surface area contributed by atoms with Gasteiger partial charge in [-0.15, -0.1) is 0 Å². The Kier molecular flexibility index (Phi) is 3.75. The van der Waals surface area contributed by atoms with E-state index in [1.165, 1.54) is 7.11 Å². The number of H-pyrrole nitrogens is 1. The first-order chi connectivity index (χ1) is 8.96. The number of nitrogens with zero attached hydrogens (tertiary/aromatic N) is 1. The van der Waals surface area contributed by atoms with Crippen molar-refractivity contribution in [2.75, 3.05) is 7.11 Å². The molecule has 0 aliphatic carbocycles. The minimum absolute atomic E-state index is 0.319. The van der Waals surface area contributed by atoms with Crippen molar-refractivity contribution in [1.82, 2.24) is 9.97 Å². The summed E-state index contributed by atoms with van der Waals surface area (Å²) in [4.78, 5) is 19.2. The van der Waals surface area contributed by atoms with E-state index in [4.69, 9.17) is 4.74 Å². The van der Waals surface area contributed by atoms with Crippen molar-refractivity contribution in [3.8, 4) is 11.3 Å². The molecule has 0 bridgehead atoms. The first kappa shape index (κ1) is 13.8. The first-order valence-corrected chi connectivity index (χ1v) is 6.65. The van der Waals surface area contributed by atoms with Gasteiger partial charge in [-0.1, -0.05) is 34.1 Å². The van der Waals surface area contributed by atoms with E-state index in [1.54, 1.807) is 20.0 Å². The molecule has 1 heterocycles. The van der Waals surface area contributed by atoms with Crippen molar-refractivity contribution in [2.24, 2.45) is 0 Å². The van der Waals surface area contributed by atoms with Gasteiger partial charge in [0.1, 0.15) is 11.2 Å². The lowest BCUT2D eigenvalue weighted by Gasteiger charge is -2.18. The topological polar surface area (TPSA) is 55.0 Å². The molecule has 19 heavy (non-hydrogen) atoms. The van der Waals surface area contributed by atoms with Gasteiger partial charge in [-0.25, -0.2) is 4.98 Å². The number of aromatic nitrogens is 2. The van der Waals surface area contributed by atoms with Crippen molar-refractivity contribution in [2.45, 2.75) is 19.3 Å². The average Bonchev–Trinajstić information content (AvgIpc) is 2.88. The summed E-state index contributed by atoms with van der Waals surface area (Å²) < 4.78 is 5.77. The van der Waals surface area contributed by atoms with Crippen molar-refractivity contribution in [3.63, 3.8) is 0 Å². The van der Waals surface area contributed by atoms with Gasteiger partial charge in [0.15, 0.2) is 0 Å². The summed E-state index contributed by atoms with van der Waals surface area (Å²) in [5.41, 5.74) is 1.07. The molecule has 1 aromatic heterocycles. The molecule has 100 valence electrons. The van der Waals surface area contributed by atoms with E-state index in [-0.39, 0.29) is 5.97 Å². The van der Waals surface area contributed by atoms with Gasteiger partial charge in [0.2, 0.25) is 0 Å². The fourth-order valence-corrected chi connectivity index (χ4v) is 2.31. The van der Waals surface area contributed by atoms with Crippen LogP contribution in [0.5, 0.6) is 0 Å². The van der Waals surface area contributed by atoms with E-state index < -0.39 is 5.41 Å². The zero-order valence-corrected chi connectivity index (χ0v) is 12.6. The Hall–Kier alpha value is -1.62. The number of benzene rings is 1. The third-order valence-corrected chi connectivity index (χ3v) is 3.72. The molecule has 0 spiro atoms. The third kappa shape index (κ3) is 2.56. The van der Waals surface area contributed by atoms with Crippen LogP contribution in [0.15, 0.2) is 34.9 Å². The average molecular weight is 323 g/mol. The Bertz CT molecular complexity index is 605. The van der Waals surface area contributed by atoms with E-state index in [1.807, 2.05) is 24.3 Å². The number of esters is 1. The third-order valence-electron chi connectivity index (χ3n) is 3.03. The zero-order valence-electron chi connectivity index (χ0n) is 11.0. The predicted molar refractivity (Wildman–Crippen MR) is 76.8 cm³/mol. The molecule has 0 aliphatic heterocycles. The van der Waals surface area contributed by atoms with Crippen LogP contribution in [0.2, 0.25) is 0 Å². The first-order valence-electron chi connectivity index (χ1n) is 5.85. The number of methoxy groups -OCH3 is 1. The van der Waals surface area contributed by atoms with Crippen molar-refractivity contribution < 1.29 is 9.53 Å². The molecule has 0 unspecified atom stereocenters. The van der Waals surface area contributed by atoms with Gasteiger partial charge in [-0.05, 0) is 19.9 Å². The van der Waals surface area contributed by atoms with Crippen LogP contribution in [0, 0.1) is 0 Å². The van der Waals surface area contributed by atoms with Crippen LogP contribution in [0.4, 0.5) is 0 Å². The minimum Gasteiger partial charge on any atom is -0.468 e. The van der Waals surface area contributed by atoms with Crippen molar-refractivity contribution in [1.29, 1.82) is 0 Å². The van der Waals surface area contributed by atoms with E-state index >= 15 is 0 Å². The minimum atomic E-state index is -0.797. The second-order valence-corrected chi connectivity index (χ2v) is 5.60. The highest BCUT2D eigenvalue weighted by atomic mass is 79.9. The van der Waals surface area contributed by atoms with Crippen LogP contribution < -0.4 is 0 Å². The number of ether oxygens (including phenoxy) is 1. The Morgan fingerprint density at radius 2 is 2.05 bits per heavy atom. The number of aromatic amines is 1. The Labute approximate surface area is 120 Å². The second-order valence-electron chi connectivity index (χ2n) is 4.74. The number of halogens is 1. The number of hydrogen-bond donors (Lipinski definition) is 1. The molecule has 0 atom stereocenters. The van der Waals surface area contributed by atoms with Gasteiger partial charge in [-0.2, -0.15) is 0 Å². The largest absolute Gasteiger partial charge is 0.468 e. The molecule has 1 N–H and O–H groups in total. The molecular formula is C14H15BrN2O2. The highest BCUT2D eigenvalue weighted by molar-refractivity contribution is 9.10. The second kappa shape index (κ2) is 5.17. The van der Waals surface area contributed by atoms with Crippen LogP contribution in [0.25, 0.3) is 11.3 Å². The lowest BCUT2D eigenvalue weighted by atomic mass is 9.93. The normalized spacial score (nSPS) is 11.4. The number of nitrogens with one attached hydrogen (secondary N) is 1. The maximum absolute atomic E-state index is 11.8. The monoisotopic (exact) mass is 322 g/mol. The highest BCUT2D eigenvalue weighted by Gasteiger charge is 2.34. The van der Waals surface area contributed by atoms with Crippen molar-refractivity contribution in [3.05, 3.63) is 40.8 Å². The standard InChI is InChI=1S/C14H15BrN2O2/c1-14(2,13(18)19-3)12-16-8-11(17-12)9-6-4-5-7-10(9)15/h4-8H,1-3H3,(H,16,17). The van der Waals surface area contributed by atoms with Gasteiger partial charge >= 0.3 is 5.97 Å². The number of imidazole rings is 1. The highest BCUT2D eigenvalue weighted by Crippen LogP contribution is 2.29. The molecular weight excluding hydrogens is 308 g/mol. The lowest BCUT2D eigenvalue weighted by molar-refractivity contribution is -0.146. The number of carbonyl (C=O) groups excluding carboxylic acids is 1. The SMILES string of the molecule is COC(=O)C(C)(C)c1ncc(-c2ccccc2Br)[nH]1. The number of carbonyl (C=O) groups is 1. The summed E-state index contributed by atoms with van der Waals surface area (Å²) in [6.07, 6.45) is 1.72. The molecule has 2 aromatic rings. The summed E-state index contributed by atoms with van der Waals surface area (Å²) in [5, 5.41) is 0. The molecule has 1 aromatic carbocycles. The van der Waals surface area contributed by atoms with E-state index in [0.29, 0.717) is 5.82 Å². The van der Waals surface area contributed by atoms with Gasteiger partial charge in [-0.3, -0.25) is 4.79 Å². The van der Waals surface area contributed by atoms with Crippen LogP contribution in [-0.4, -0.2) is 23.0 Å². The Morgan fingerprint density at radius 3 is 2.68 bits per heavy atom. The quantitative estimate of drug-likeness (QED) is 0.882. The van der Waals surface area contributed by atoms with Crippen LogP contribution in [-0.2, 0) is 14.9 Å². The lowest BCUT2D eigenvalue weighted by Crippen LogP contribution is -2.31. The van der Waals surface area contributed by atoms with E-state index in [0.717, 1.165) is 15.7 Å². The fraction of sp³-hybridized carbons (Fsp3) is 0.286. The molecule has 0 radical (unpaired) electrons. The molecule has 0 saturated carbocycles. The van der Waals surface area contributed by atoms with E-state index in [9.17, 15) is 4.79 Å². The Balaban J connectivity index is 2.40. The Morgan fingerprint density at radius 1 is 1.37 bits per heavy atom. The zero-order chi connectivity index (χ0) is 14.0. The number of hydrogen-bond acceptors (Lipinski definition) is 3. The molecule has 4 nitrogen and oxygen atoms in total. The molecule has 0 aliphatic rings. The maximum Gasteiger partial charge on any atom is 0.318 e. The smallest absolute Gasteiger partial charge is 0.318 e. The van der Waals surface area contributed by atoms with Gasteiger partial charge in [0.25, 0.3) is 0 Å². The van der Waals surface area contributed by atoms with Gasteiger partial charge < -0.3 is 9.72 Å². The fourth-order valence-electron chi connectivity index (χ4n) is 1.81. The summed E-state index contributed by atoms with van der Waals surface area (Å²) in [7, 11) is 1.38. The summed E-state index contributed by atoms with van der Waals surface area (Å²) in [5.74, 6) is 0.269. The molecule has 0 saturated heterocycles. The van der Waals surface area contributed by atoms with Gasteiger partial charge in [0, 0.05) is 10.0 Å². The summed E-state index contributed by atoms with van der Waals surface area (Å²) in [6.45, 7) is 3.56. The molecule has 0 amide bonds. The molecule has 5 heteroatoms. The van der Waals surface area contributed by atoms with Crippen LogP contribution in [0.3, 0.4) is 0 Å². The molecule has 2 rings (SSSR count). The van der Waals surface area contributed by atoms with Gasteiger partial charge in [0.05, 0.1) is 19.0 Å². The van der Waals surface area contributed by atoms with E-state index in [2.05, 4.69) is 25.9 Å². The summed E-state index contributed by atoms with van der Waals surface area (Å²) in [6, 6.07) is 7.84. The van der Waals surface area contributed by atoms with Crippen LogP contribution >= 0.6 is 15.9 Å². The predicted octanol–water partition coefficient (Wildman–Crippen LogP) is 3.29. The van der Waals surface area contributed by atoms with Crippen molar-refractivity contribution >= 4 is 21.9 Å². The molecule has 0 fully saturated rings.